The van der Waals surface area contributed by atoms with Crippen molar-refractivity contribution in [2.24, 2.45) is 0 Å². The van der Waals surface area contributed by atoms with Gasteiger partial charge in [0, 0.05) is 11.4 Å². The van der Waals surface area contributed by atoms with Crippen LogP contribution in [0.2, 0.25) is 0 Å². The van der Waals surface area contributed by atoms with Gasteiger partial charge in [0.2, 0.25) is 0 Å². The third-order valence-corrected chi connectivity index (χ3v) is 3.71. The molecule has 3 nitrogen and oxygen atoms in total. The molecule has 0 unspecified atom stereocenters. The number of aromatic nitrogens is 1. The zero-order chi connectivity index (χ0) is 13.0. The second kappa shape index (κ2) is 6.07. The van der Waals surface area contributed by atoms with Crippen LogP contribution in [0, 0.1) is 13.8 Å². The largest absolute Gasteiger partial charge is 0.436 e. The van der Waals surface area contributed by atoms with E-state index < -0.39 is 0 Å². The van der Waals surface area contributed by atoms with Crippen molar-refractivity contribution in [3.05, 3.63) is 41.3 Å². The lowest BCUT2D eigenvalue weighted by Crippen LogP contribution is -2.12. The van der Waals surface area contributed by atoms with Crippen LogP contribution in [-0.2, 0) is 6.54 Å². The molecule has 1 aromatic heterocycles. The van der Waals surface area contributed by atoms with E-state index in [4.69, 9.17) is 4.42 Å². The normalized spacial score (nSPS) is 10.8. The number of nitrogens with zero attached hydrogens (tertiary/aromatic N) is 1. The first-order valence-corrected chi connectivity index (χ1v) is 6.93. The summed E-state index contributed by atoms with van der Waals surface area (Å²) in [6.07, 6.45) is 0. The quantitative estimate of drug-likeness (QED) is 0.894. The van der Waals surface area contributed by atoms with Gasteiger partial charge in [0.05, 0.1) is 5.69 Å². The molecule has 2 rings (SSSR count). The molecule has 0 saturated heterocycles. The topological polar surface area (TPSA) is 38.1 Å². The fourth-order valence-electron chi connectivity index (χ4n) is 1.59. The lowest BCUT2D eigenvalue weighted by atomic mass is 10.2. The highest BCUT2D eigenvalue weighted by molar-refractivity contribution is 7.99. The Hall–Kier alpha value is -1.26. The molecule has 0 aliphatic heterocycles. The van der Waals surface area contributed by atoms with Crippen molar-refractivity contribution in [2.75, 3.05) is 6.54 Å². The first-order valence-electron chi connectivity index (χ1n) is 6.11. The molecule has 4 heteroatoms. The van der Waals surface area contributed by atoms with Gasteiger partial charge in [-0.05, 0) is 43.8 Å². The minimum atomic E-state index is 0.717. The Balaban J connectivity index is 2.17. The predicted molar refractivity (Wildman–Crippen MR) is 73.9 cm³/mol. The molecule has 0 amide bonds. The van der Waals surface area contributed by atoms with Gasteiger partial charge in [-0.15, -0.1) is 0 Å². The number of benzene rings is 1. The summed E-state index contributed by atoms with van der Waals surface area (Å²) >= 11 is 1.58. The average molecular weight is 262 g/mol. The Morgan fingerprint density at radius 1 is 1.28 bits per heavy atom. The van der Waals surface area contributed by atoms with Gasteiger partial charge in [0.1, 0.15) is 5.76 Å². The SMILES string of the molecule is CCNCc1ccccc1Sc1nc(C)c(C)o1. The van der Waals surface area contributed by atoms with Crippen LogP contribution in [0.4, 0.5) is 0 Å². The Labute approximate surface area is 112 Å². The van der Waals surface area contributed by atoms with E-state index >= 15 is 0 Å². The fraction of sp³-hybridized carbons (Fsp3) is 0.357. The van der Waals surface area contributed by atoms with Crippen molar-refractivity contribution in [2.45, 2.75) is 37.4 Å². The molecule has 0 aliphatic carbocycles. The zero-order valence-corrected chi connectivity index (χ0v) is 11.8. The maximum atomic E-state index is 5.61. The fourth-order valence-corrected chi connectivity index (χ4v) is 2.55. The summed E-state index contributed by atoms with van der Waals surface area (Å²) in [6, 6.07) is 8.34. The summed E-state index contributed by atoms with van der Waals surface area (Å²) in [6.45, 7) is 7.86. The molecule has 0 spiro atoms. The van der Waals surface area contributed by atoms with Gasteiger partial charge in [-0.25, -0.2) is 4.98 Å². The third-order valence-electron chi connectivity index (χ3n) is 2.74. The highest BCUT2D eigenvalue weighted by atomic mass is 32.2. The van der Waals surface area contributed by atoms with E-state index in [0.29, 0.717) is 5.22 Å². The Kier molecular flexibility index (Phi) is 4.44. The molecule has 0 radical (unpaired) electrons. The Morgan fingerprint density at radius 3 is 2.72 bits per heavy atom. The van der Waals surface area contributed by atoms with E-state index in [0.717, 1.165) is 24.5 Å². The van der Waals surface area contributed by atoms with Crippen LogP contribution in [0.1, 0.15) is 23.9 Å². The van der Waals surface area contributed by atoms with Crippen LogP contribution in [0.3, 0.4) is 0 Å². The molecule has 18 heavy (non-hydrogen) atoms. The summed E-state index contributed by atoms with van der Waals surface area (Å²) in [5, 5.41) is 4.06. The van der Waals surface area contributed by atoms with Gasteiger partial charge in [-0.1, -0.05) is 25.1 Å². The van der Waals surface area contributed by atoms with Crippen molar-refractivity contribution < 1.29 is 4.42 Å². The molecule has 0 atom stereocenters. The minimum Gasteiger partial charge on any atom is -0.436 e. The van der Waals surface area contributed by atoms with E-state index in [-0.39, 0.29) is 0 Å². The maximum absolute atomic E-state index is 5.61. The van der Waals surface area contributed by atoms with Crippen molar-refractivity contribution in [1.82, 2.24) is 10.3 Å². The van der Waals surface area contributed by atoms with Gasteiger partial charge in [0.25, 0.3) is 5.22 Å². The lowest BCUT2D eigenvalue weighted by molar-refractivity contribution is 0.431. The number of aryl methyl sites for hydroxylation is 2. The third kappa shape index (κ3) is 3.15. The van der Waals surface area contributed by atoms with Crippen LogP contribution < -0.4 is 5.32 Å². The monoisotopic (exact) mass is 262 g/mol. The average Bonchev–Trinajstić information content (AvgIpc) is 2.67. The standard InChI is InChI=1S/C14H18N2OS/c1-4-15-9-12-7-5-6-8-13(12)18-14-16-10(2)11(3)17-14/h5-8,15H,4,9H2,1-3H3. The molecule has 0 fully saturated rings. The molecule has 2 aromatic rings. The van der Waals surface area contributed by atoms with Crippen molar-refractivity contribution >= 4 is 11.8 Å². The molecule has 0 aliphatic rings. The Bertz CT molecular complexity index is 503. The van der Waals surface area contributed by atoms with Crippen LogP contribution in [0.15, 0.2) is 38.8 Å². The highest BCUT2D eigenvalue weighted by Gasteiger charge is 2.09. The summed E-state index contributed by atoms with van der Waals surface area (Å²) in [5.74, 6) is 0.890. The van der Waals surface area contributed by atoms with Gasteiger partial charge in [-0.2, -0.15) is 0 Å². The van der Waals surface area contributed by atoms with Crippen LogP contribution in [0.5, 0.6) is 0 Å². The molecule has 1 aromatic carbocycles. The van der Waals surface area contributed by atoms with E-state index in [9.17, 15) is 0 Å². The second-order valence-corrected chi connectivity index (χ2v) is 5.10. The molecule has 1 N–H and O–H groups in total. The first-order chi connectivity index (χ1) is 8.70. The second-order valence-electron chi connectivity index (χ2n) is 4.11. The van der Waals surface area contributed by atoms with E-state index in [1.807, 2.05) is 19.9 Å². The van der Waals surface area contributed by atoms with Gasteiger partial charge in [-0.3, -0.25) is 0 Å². The molecular weight excluding hydrogens is 244 g/mol. The highest BCUT2D eigenvalue weighted by Crippen LogP contribution is 2.30. The van der Waals surface area contributed by atoms with Crippen molar-refractivity contribution in [3.8, 4) is 0 Å². The van der Waals surface area contributed by atoms with Gasteiger partial charge >= 0.3 is 0 Å². The molecule has 1 heterocycles. The van der Waals surface area contributed by atoms with Crippen molar-refractivity contribution in [1.29, 1.82) is 0 Å². The number of oxazole rings is 1. The van der Waals surface area contributed by atoms with Crippen LogP contribution >= 0.6 is 11.8 Å². The number of hydrogen-bond acceptors (Lipinski definition) is 4. The van der Waals surface area contributed by atoms with Gasteiger partial charge < -0.3 is 9.73 Å². The van der Waals surface area contributed by atoms with Crippen LogP contribution in [0.25, 0.3) is 0 Å². The number of nitrogens with one attached hydrogen (secondary N) is 1. The van der Waals surface area contributed by atoms with E-state index in [1.54, 1.807) is 11.8 Å². The summed E-state index contributed by atoms with van der Waals surface area (Å²) in [4.78, 5) is 5.60. The summed E-state index contributed by atoms with van der Waals surface area (Å²) in [5.41, 5.74) is 2.24. The smallest absolute Gasteiger partial charge is 0.261 e. The van der Waals surface area contributed by atoms with Crippen molar-refractivity contribution in [3.63, 3.8) is 0 Å². The summed E-state index contributed by atoms with van der Waals surface area (Å²) in [7, 11) is 0. The maximum Gasteiger partial charge on any atom is 0.261 e. The molecular formula is C14H18N2OS. The molecule has 96 valence electrons. The Morgan fingerprint density at radius 2 is 2.06 bits per heavy atom. The first kappa shape index (κ1) is 13.2. The van der Waals surface area contributed by atoms with Crippen LogP contribution in [-0.4, -0.2) is 11.5 Å². The predicted octanol–water partition coefficient (Wildman–Crippen LogP) is 3.55. The number of rotatable bonds is 5. The minimum absolute atomic E-state index is 0.717. The van der Waals surface area contributed by atoms with E-state index in [1.165, 1.54) is 10.5 Å². The van der Waals surface area contributed by atoms with E-state index in [2.05, 4.69) is 35.4 Å². The number of hydrogen-bond donors (Lipinski definition) is 1. The zero-order valence-electron chi connectivity index (χ0n) is 11.0. The van der Waals surface area contributed by atoms with Gasteiger partial charge in [0.15, 0.2) is 0 Å². The summed E-state index contributed by atoms with van der Waals surface area (Å²) < 4.78 is 5.61. The molecule has 0 saturated carbocycles. The lowest BCUT2D eigenvalue weighted by Gasteiger charge is -2.07. The molecule has 0 bridgehead atoms.